The van der Waals surface area contributed by atoms with Crippen molar-refractivity contribution in [3.8, 4) is 0 Å². The van der Waals surface area contributed by atoms with Gasteiger partial charge < -0.3 is 10.5 Å². The Hall–Kier alpha value is -2.95. The third-order valence-electron chi connectivity index (χ3n) is 3.07. The van der Waals surface area contributed by atoms with E-state index >= 15 is 0 Å². The number of benzene rings is 1. The van der Waals surface area contributed by atoms with Gasteiger partial charge in [0.2, 0.25) is 0 Å². The molecule has 0 radical (unpaired) electrons. The normalized spacial score (nSPS) is 10.5. The van der Waals surface area contributed by atoms with Gasteiger partial charge in [0.1, 0.15) is 12.3 Å². The Bertz CT molecular complexity index is 780. The summed E-state index contributed by atoms with van der Waals surface area (Å²) in [5.74, 6) is -0.483. The van der Waals surface area contributed by atoms with E-state index in [0.29, 0.717) is 5.69 Å². The van der Waals surface area contributed by atoms with Gasteiger partial charge in [-0.25, -0.2) is 9.78 Å². The number of nitrogens with two attached hydrogens (primary N) is 1. The zero-order valence-electron chi connectivity index (χ0n) is 11.2. The second-order valence-electron chi connectivity index (χ2n) is 4.55. The van der Waals surface area contributed by atoms with E-state index in [0.717, 1.165) is 16.5 Å². The smallest absolute Gasteiger partial charge is 0.357 e. The van der Waals surface area contributed by atoms with Gasteiger partial charge in [-0.15, -0.1) is 0 Å². The molecule has 0 aliphatic rings. The number of hydrogen-bond acceptors (Lipinski definition) is 5. The molecule has 0 spiro atoms. The van der Waals surface area contributed by atoms with Gasteiger partial charge in [0.25, 0.3) is 0 Å². The molecule has 0 fully saturated rings. The van der Waals surface area contributed by atoms with Crippen molar-refractivity contribution in [1.29, 1.82) is 0 Å². The maximum Gasteiger partial charge on any atom is 0.357 e. The number of nitrogen functional groups attached to an aromatic ring is 1. The Morgan fingerprint density at radius 3 is 2.76 bits per heavy atom. The molecule has 5 heteroatoms. The van der Waals surface area contributed by atoms with E-state index < -0.39 is 5.97 Å². The third-order valence-corrected chi connectivity index (χ3v) is 3.07. The maximum atomic E-state index is 11.9. The van der Waals surface area contributed by atoms with Gasteiger partial charge in [0, 0.05) is 17.1 Å². The highest BCUT2D eigenvalue weighted by Gasteiger charge is 2.10. The number of carbonyl (C=O) groups excluding carboxylic acids is 1. The van der Waals surface area contributed by atoms with E-state index in [4.69, 9.17) is 10.5 Å². The summed E-state index contributed by atoms with van der Waals surface area (Å²) in [5.41, 5.74) is 7.96. The minimum atomic E-state index is -0.483. The Morgan fingerprint density at radius 2 is 1.95 bits per heavy atom. The predicted octanol–water partition coefficient (Wildman–Crippen LogP) is 2.57. The number of esters is 1. The summed E-state index contributed by atoms with van der Waals surface area (Å²) in [6, 6.07) is 12.8. The van der Waals surface area contributed by atoms with Crippen LogP contribution in [0, 0.1) is 0 Å². The summed E-state index contributed by atoms with van der Waals surface area (Å²) < 4.78 is 5.28. The minimum absolute atomic E-state index is 0.152. The van der Waals surface area contributed by atoms with Crippen molar-refractivity contribution < 1.29 is 9.53 Å². The number of pyridine rings is 2. The maximum absolute atomic E-state index is 11.9. The van der Waals surface area contributed by atoms with Crippen LogP contribution in [0.1, 0.15) is 16.1 Å². The first kappa shape index (κ1) is 13.1. The first-order valence-corrected chi connectivity index (χ1v) is 6.45. The fourth-order valence-electron chi connectivity index (χ4n) is 2.03. The lowest BCUT2D eigenvalue weighted by Crippen LogP contribution is -2.08. The van der Waals surface area contributed by atoms with Crippen molar-refractivity contribution >= 4 is 22.6 Å². The highest BCUT2D eigenvalue weighted by Crippen LogP contribution is 2.17. The molecular weight excluding hydrogens is 266 g/mol. The van der Waals surface area contributed by atoms with Crippen LogP contribution in [-0.2, 0) is 11.3 Å². The predicted molar refractivity (Wildman–Crippen MR) is 79.5 cm³/mol. The fourth-order valence-corrected chi connectivity index (χ4v) is 2.03. The van der Waals surface area contributed by atoms with Crippen LogP contribution in [0.25, 0.3) is 10.9 Å². The average Bonchev–Trinajstić information content (AvgIpc) is 2.53. The van der Waals surface area contributed by atoms with Crippen molar-refractivity contribution in [1.82, 2.24) is 9.97 Å². The first-order chi connectivity index (χ1) is 10.2. The number of anilines is 1. The second kappa shape index (κ2) is 5.58. The molecule has 0 aliphatic carbocycles. The molecule has 2 aromatic heterocycles. The molecule has 0 saturated carbocycles. The zero-order chi connectivity index (χ0) is 14.7. The number of fused-ring (bicyclic) bond motifs is 1. The zero-order valence-corrected chi connectivity index (χ0v) is 11.2. The first-order valence-electron chi connectivity index (χ1n) is 6.45. The number of rotatable bonds is 3. The number of carbonyl (C=O) groups is 1. The quantitative estimate of drug-likeness (QED) is 0.745. The van der Waals surface area contributed by atoms with Gasteiger partial charge in [-0.1, -0.05) is 24.3 Å². The summed E-state index contributed by atoms with van der Waals surface area (Å²) in [6.07, 6.45) is 3.14. The van der Waals surface area contributed by atoms with Crippen LogP contribution in [0.15, 0.2) is 54.9 Å². The van der Waals surface area contributed by atoms with Crippen molar-refractivity contribution in [2.24, 2.45) is 0 Å². The van der Waals surface area contributed by atoms with Crippen LogP contribution in [0.5, 0.6) is 0 Å². The summed E-state index contributed by atoms with van der Waals surface area (Å²) >= 11 is 0. The van der Waals surface area contributed by atoms with Crippen LogP contribution in [0.3, 0.4) is 0 Å². The molecule has 104 valence electrons. The average molecular weight is 279 g/mol. The summed E-state index contributed by atoms with van der Waals surface area (Å²) in [7, 11) is 0. The molecule has 0 atom stereocenters. The number of aromatic nitrogens is 2. The third kappa shape index (κ3) is 2.81. The second-order valence-corrected chi connectivity index (χ2v) is 4.55. The van der Waals surface area contributed by atoms with E-state index in [1.54, 1.807) is 18.3 Å². The van der Waals surface area contributed by atoms with Crippen LogP contribution < -0.4 is 5.73 Å². The number of para-hydroxylation sites is 1. The molecule has 0 unspecified atom stereocenters. The topological polar surface area (TPSA) is 78.1 Å². The molecule has 3 aromatic rings. The molecule has 21 heavy (non-hydrogen) atoms. The molecule has 0 aliphatic heterocycles. The lowest BCUT2D eigenvalue weighted by atomic mass is 10.1. The van der Waals surface area contributed by atoms with Gasteiger partial charge in [-0.3, -0.25) is 4.98 Å². The Morgan fingerprint density at radius 1 is 1.10 bits per heavy atom. The van der Waals surface area contributed by atoms with Crippen LogP contribution in [0.2, 0.25) is 0 Å². The van der Waals surface area contributed by atoms with Gasteiger partial charge in [-0.2, -0.15) is 0 Å². The lowest BCUT2D eigenvalue weighted by molar-refractivity contribution is 0.0467. The highest BCUT2D eigenvalue weighted by molar-refractivity contribution is 5.88. The van der Waals surface area contributed by atoms with Gasteiger partial charge >= 0.3 is 5.97 Å². The highest BCUT2D eigenvalue weighted by atomic mass is 16.5. The van der Waals surface area contributed by atoms with Gasteiger partial charge in [0.15, 0.2) is 0 Å². The summed E-state index contributed by atoms with van der Waals surface area (Å²) in [6.45, 7) is 0.152. The molecule has 3 rings (SSSR count). The van der Waals surface area contributed by atoms with Crippen LogP contribution in [-0.4, -0.2) is 15.9 Å². The SMILES string of the molecule is Nc1ccc(C(=O)OCc2cccc3cccnc23)nc1. The largest absolute Gasteiger partial charge is 0.456 e. The molecule has 1 aromatic carbocycles. The minimum Gasteiger partial charge on any atom is -0.456 e. The van der Waals surface area contributed by atoms with E-state index in [1.807, 2.05) is 30.3 Å². The molecule has 2 N–H and O–H groups in total. The van der Waals surface area contributed by atoms with Gasteiger partial charge in [-0.05, 0) is 18.2 Å². The summed E-state index contributed by atoms with van der Waals surface area (Å²) in [5, 5.41) is 1.01. The lowest BCUT2D eigenvalue weighted by Gasteiger charge is -2.07. The van der Waals surface area contributed by atoms with E-state index in [2.05, 4.69) is 9.97 Å². The molecule has 0 saturated heterocycles. The van der Waals surface area contributed by atoms with Crippen molar-refractivity contribution in [2.45, 2.75) is 6.61 Å². The van der Waals surface area contributed by atoms with Crippen molar-refractivity contribution in [2.75, 3.05) is 5.73 Å². The Kier molecular flexibility index (Phi) is 3.47. The Balaban J connectivity index is 1.77. The Labute approximate surface area is 121 Å². The van der Waals surface area contributed by atoms with Crippen LogP contribution >= 0.6 is 0 Å². The molecular formula is C16H13N3O2. The molecule has 0 amide bonds. The van der Waals surface area contributed by atoms with E-state index in [1.165, 1.54) is 6.20 Å². The van der Waals surface area contributed by atoms with E-state index in [-0.39, 0.29) is 12.3 Å². The van der Waals surface area contributed by atoms with Crippen molar-refractivity contribution in [3.05, 3.63) is 66.1 Å². The number of ether oxygens (including phenoxy) is 1. The van der Waals surface area contributed by atoms with E-state index in [9.17, 15) is 4.79 Å². The monoisotopic (exact) mass is 279 g/mol. The molecule has 5 nitrogen and oxygen atoms in total. The summed E-state index contributed by atoms with van der Waals surface area (Å²) in [4.78, 5) is 20.2. The molecule has 0 bridgehead atoms. The van der Waals surface area contributed by atoms with Gasteiger partial charge in [0.05, 0.1) is 17.4 Å². The van der Waals surface area contributed by atoms with Crippen molar-refractivity contribution in [3.63, 3.8) is 0 Å². The standard InChI is InChI=1S/C16H13N3O2/c17-13-6-7-14(19-9-13)16(20)21-10-12-4-1-3-11-5-2-8-18-15(11)12/h1-9H,10,17H2. The molecule has 2 heterocycles. The number of nitrogens with zero attached hydrogens (tertiary/aromatic N) is 2. The number of hydrogen-bond donors (Lipinski definition) is 1. The van der Waals surface area contributed by atoms with Crippen LogP contribution in [0.4, 0.5) is 5.69 Å². The fraction of sp³-hybridized carbons (Fsp3) is 0.0625.